The molecule has 5 rings (SSSR count). The van der Waals surface area contributed by atoms with Crippen LogP contribution in [0.15, 0.2) is 42.0 Å². The molecule has 1 aromatic carbocycles. The second-order valence-corrected chi connectivity index (χ2v) is 10.0. The van der Waals surface area contributed by atoms with E-state index in [0.717, 1.165) is 44.1 Å². The van der Waals surface area contributed by atoms with Crippen molar-refractivity contribution in [2.75, 3.05) is 5.88 Å². The number of alkyl halides is 1. The number of allylic oxidation sites excluding steroid dienone is 4. The molecule has 36 heavy (non-hydrogen) atoms. The standard InChI is InChI=1S/C26H29ClO2.3CH2O.Re/c1-25-15-19(16-27)24-21-9-7-20(28)14-18(21)6-8-22(24)23(25)11-13-26(25,29)12-10-17-4-2-3-5-17;3*1-2;/h2-4,7,9,14,19,22-24,28-29H,5-6,8,11,13,15-16H2,1H3;3*1H2;/t19-,22?,23?,24?,25+,26+;;;;/m1..../s1. The first-order valence-electron chi connectivity index (χ1n) is 11.8. The van der Waals surface area contributed by atoms with Gasteiger partial charge in [-0.05, 0) is 85.5 Å². The third-order valence-electron chi connectivity index (χ3n) is 8.38. The summed E-state index contributed by atoms with van der Waals surface area (Å²) in [6, 6.07) is 5.87. The second kappa shape index (κ2) is 14.1. The topological polar surface area (TPSA) is 91.7 Å². The van der Waals surface area contributed by atoms with Crippen molar-refractivity contribution < 1.29 is 45.0 Å². The van der Waals surface area contributed by atoms with E-state index in [9.17, 15) is 10.2 Å². The van der Waals surface area contributed by atoms with Gasteiger partial charge in [0.25, 0.3) is 0 Å². The van der Waals surface area contributed by atoms with Gasteiger partial charge >= 0.3 is 0 Å². The number of aryl methyl sites for hydroxylation is 1. The fraction of sp³-hybridized carbons (Fsp3) is 0.483. The summed E-state index contributed by atoms with van der Waals surface area (Å²) in [6.45, 7) is 8.27. The zero-order chi connectivity index (χ0) is 26.2. The molecule has 1 radical (unpaired) electrons. The Hall–Kier alpha value is -2.02. The van der Waals surface area contributed by atoms with Crippen LogP contribution < -0.4 is 0 Å². The van der Waals surface area contributed by atoms with Crippen molar-refractivity contribution in [3.63, 3.8) is 0 Å². The van der Waals surface area contributed by atoms with Gasteiger partial charge in [0.1, 0.15) is 31.7 Å². The molecule has 3 unspecified atom stereocenters. The van der Waals surface area contributed by atoms with E-state index in [1.54, 1.807) is 0 Å². The average molecular weight is 685 g/mol. The molecule has 2 saturated carbocycles. The zero-order valence-electron chi connectivity index (χ0n) is 20.7. The number of aliphatic hydroxyl groups is 1. The van der Waals surface area contributed by atoms with Gasteiger partial charge < -0.3 is 24.6 Å². The summed E-state index contributed by atoms with van der Waals surface area (Å²) in [7, 11) is 0. The van der Waals surface area contributed by atoms with Crippen molar-refractivity contribution in [3.05, 3.63) is 53.1 Å². The number of phenolic OH excluding ortho intramolecular Hbond substituents is 1. The minimum atomic E-state index is -0.939. The maximum Gasteiger partial charge on any atom is 0.131 e. The molecule has 6 atom stereocenters. The number of carbonyl (C=O) groups is 3. The quantitative estimate of drug-likeness (QED) is 0.329. The summed E-state index contributed by atoms with van der Waals surface area (Å²) >= 11 is 6.54. The van der Waals surface area contributed by atoms with E-state index >= 15 is 0 Å². The summed E-state index contributed by atoms with van der Waals surface area (Å²) in [6.07, 6.45) is 11.9. The second-order valence-electron chi connectivity index (χ2n) is 9.73. The van der Waals surface area contributed by atoms with Crippen molar-refractivity contribution in [3.8, 4) is 17.6 Å². The van der Waals surface area contributed by atoms with Crippen molar-refractivity contribution >= 4 is 32.0 Å². The summed E-state index contributed by atoms with van der Waals surface area (Å²) < 4.78 is 0. The molecule has 0 spiro atoms. The van der Waals surface area contributed by atoms with Gasteiger partial charge in [-0.15, -0.1) is 11.6 Å². The Morgan fingerprint density at radius 2 is 1.83 bits per heavy atom. The number of aromatic hydroxyl groups is 1. The SMILES string of the molecule is C=O.C=O.C=O.C[C@]12C[C@H](CCl)C3c4ccc(O)cc4CCC3C1CC[C@@]2(O)C#CC1=CC=CC1.[Re]. The van der Waals surface area contributed by atoms with E-state index in [0.29, 0.717) is 35.3 Å². The molecule has 5 nitrogen and oxygen atoms in total. The normalized spacial score (nSPS) is 32.4. The summed E-state index contributed by atoms with van der Waals surface area (Å²) in [5.41, 5.74) is 2.58. The van der Waals surface area contributed by atoms with Crippen LogP contribution in [-0.2, 0) is 41.2 Å². The van der Waals surface area contributed by atoms with E-state index in [-0.39, 0.29) is 25.8 Å². The Balaban J connectivity index is 0.000000864. The van der Waals surface area contributed by atoms with E-state index in [2.05, 4.69) is 37.0 Å². The summed E-state index contributed by atoms with van der Waals surface area (Å²) in [5, 5.41) is 21.7. The molecule has 1 aromatic rings. The average Bonchev–Trinajstić information content (AvgIpc) is 3.52. The number of hydrogen-bond acceptors (Lipinski definition) is 5. The molecule has 7 heteroatoms. The monoisotopic (exact) mass is 685 g/mol. The maximum atomic E-state index is 11.7. The first kappa shape index (κ1) is 32.0. The van der Waals surface area contributed by atoms with Crippen LogP contribution in [0.5, 0.6) is 5.75 Å². The predicted molar refractivity (Wildman–Crippen MR) is 138 cm³/mol. The van der Waals surface area contributed by atoms with E-state index in [1.165, 1.54) is 11.1 Å². The Kier molecular flexibility index (Phi) is 12.5. The Bertz CT molecular complexity index is 1010. The van der Waals surface area contributed by atoms with Gasteiger partial charge in [0.05, 0.1) is 0 Å². The molecule has 2 fully saturated rings. The molecular weight excluding hydrogens is 650 g/mol. The molecule has 0 amide bonds. The van der Waals surface area contributed by atoms with Crippen LogP contribution in [0.2, 0.25) is 0 Å². The number of halogens is 1. The van der Waals surface area contributed by atoms with Crippen molar-refractivity contribution in [2.45, 2.75) is 57.0 Å². The molecule has 0 saturated heterocycles. The van der Waals surface area contributed by atoms with Gasteiger partial charge in [-0.25, -0.2) is 0 Å². The minimum absolute atomic E-state index is 0. The van der Waals surface area contributed by atoms with E-state index in [4.69, 9.17) is 26.0 Å². The maximum absolute atomic E-state index is 11.7. The molecule has 0 bridgehead atoms. The number of benzene rings is 1. The third-order valence-corrected chi connectivity index (χ3v) is 8.78. The van der Waals surface area contributed by atoms with Crippen LogP contribution in [0.3, 0.4) is 0 Å². The van der Waals surface area contributed by atoms with Gasteiger partial charge in [0.2, 0.25) is 0 Å². The number of fused-ring (bicyclic) bond motifs is 5. The van der Waals surface area contributed by atoms with Crippen molar-refractivity contribution in [1.29, 1.82) is 0 Å². The fourth-order valence-corrected chi connectivity index (χ4v) is 7.26. The molecular formula is C29H35ClO5Re. The van der Waals surface area contributed by atoms with Crippen LogP contribution >= 0.6 is 11.6 Å². The first-order chi connectivity index (χ1) is 16.9. The van der Waals surface area contributed by atoms with Crippen LogP contribution in [-0.4, -0.2) is 42.1 Å². The minimum Gasteiger partial charge on any atom is -0.508 e. The van der Waals surface area contributed by atoms with Gasteiger partial charge in [-0.3, -0.25) is 0 Å². The van der Waals surface area contributed by atoms with Crippen LogP contribution in [0.4, 0.5) is 0 Å². The van der Waals surface area contributed by atoms with Gasteiger partial charge in [-0.2, -0.15) is 0 Å². The molecule has 0 aromatic heterocycles. The number of hydrogen-bond donors (Lipinski definition) is 2. The van der Waals surface area contributed by atoms with Gasteiger partial charge in [0, 0.05) is 37.3 Å². The Morgan fingerprint density at radius 1 is 1.14 bits per heavy atom. The molecule has 2 N–H and O–H groups in total. The Labute approximate surface area is 233 Å². The molecule has 195 valence electrons. The Morgan fingerprint density at radius 3 is 2.44 bits per heavy atom. The number of rotatable bonds is 1. The van der Waals surface area contributed by atoms with Gasteiger partial charge in [0.15, 0.2) is 0 Å². The largest absolute Gasteiger partial charge is 0.508 e. The summed E-state index contributed by atoms with van der Waals surface area (Å²) in [5.74, 6) is 9.30. The predicted octanol–water partition coefficient (Wildman–Crippen LogP) is 4.78. The van der Waals surface area contributed by atoms with Gasteiger partial charge in [-0.1, -0.05) is 43.1 Å². The van der Waals surface area contributed by atoms with E-state index < -0.39 is 5.60 Å². The first-order valence-corrected chi connectivity index (χ1v) is 12.3. The van der Waals surface area contributed by atoms with Crippen LogP contribution in [0.1, 0.15) is 56.1 Å². The molecule has 4 aliphatic carbocycles. The number of phenols is 1. The smallest absolute Gasteiger partial charge is 0.131 e. The zero-order valence-corrected chi connectivity index (χ0v) is 24.2. The fourth-order valence-electron chi connectivity index (χ4n) is 6.95. The molecule has 0 heterocycles. The van der Waals surface area contributed by atoms with Crippen molar-refractivity contribution in [1.82, 2.24) is 0 Å². The van der Waals surface area contributed by atoms with Crippen LogP contribution in [0.25, 0.3) is 0 Å². The van der Waals surface area contributed by atoms with E-state index in [1.807, 2.05) is 38.6 Å². The summed E-state index contributed by atoms with van der Waals surface area (Å²) in [4.78, 5) is 24.0. The van der Waals surface area contributed by atoms with Crippen LogP contribution in [0, 0.1) is 35.0 Å². The molecule has 0 aliphatic heterocycles. The molecule has 4 aliphatic rings. The van der Waals surface area contributed by atoms with Crippen molar-refractivity contribution in [2.24, 2.45) is 23.2 Å². The number of carbonyl (C=O) groups excluding carboxylic acids is 3. The third kappa shape index (κ3) is 5.76.